The smallest absolute Gasteiger partial charge is 0.305 e. The van der Waals surface area contributed by atoms with Crippen molar-refractivity contribution in [2.75, 3.05) is 13.2 Å². The standard InChI is InChI=1S/C21H40O4/c1-5-19(4)17-25-21(23)15-11-9-7-6-8-10-14-20(22)24-16-12-13-18(2)3/h18-19H,5-17H2,1-4H3. The molecule has 4 heteroatoms. The molecule has 0 heterocycles. The molecule has 0 aliphatic carbocycles. The lowest BCUT2D eigenvalue weighted by atomic mass is 10.1. The van der Waals surface area contributed by atoms with Gasteiger partial charge in [0.25, 0.3) is 0 Å². The van der Waals surface area contributed by atoms with Crippen molar-refractivity contribution in [1.82, 2.24) is 0 Å². The molecule has 148 valence electrons. The Morgan fingerprint density at radius 3 is 1.80 bits per heavy atom. The summed E-state index contributed by atoms with van der Waals surface area (Å²) < 4.78 is 10.5. The van der Waals surface area contributed by atoms with Gasteiger partial charge in [0, 0.05) is 12.8 Å². The normalized spacial score (nSPS) is 12.2. The third-order valence-electron chi connectivity index (χ3n) is 4.43. The predicted octanol–water partition coefficient (Wildman–Crippen LogP) is 5.68. The van der Waals surface area contributed by atoms with Crippen molar-refractivity contribution < 1.29 is 19.1 Å². The number of rotatable bonds is 16. The molecule has 0 bridgehead atoms. The summed E-state index contributed by atoms with van der Waals surface area (Å²) in [5.74, 6) is 0.986. The topological polar surface area (TPSA) is 52.6 Å². The molecular weight excluding hydrogens is 316 g/mol. The fraction of sp³-hybridized carbons (Fsp3) is 0.905. The zero-order valence-corrected chi connectivity index (χ0v) is 17.0. The minimum Gasteiger partial charge on any atom is -0.466 e. The van der Waals surface area contributed by atoms with Gasteiger partial charge in [0.1, 0.15) is 0 Å². The van der Waals surface area contributed by atoms with E-state index < -0.39 is 0 Å². The molecule has 0 aliphatic rings. The summed E-state index contributed by atoms with van der Waals surface area (Å²) in [6, 6.07) is 0. The van der Waals surface area contributed by atoms with Crippen LogP contribution in [-0.2, 0) is 19.1 Å². The second-order valence-corrected chi connectivity index (χ2v) is 7.57. The van der Waals surface area contributed by atoms with E-state index in [-0.39, 0.29) is 11.9 Å². The van der Waals surface area contributed by atoms with Gasteiger partial charge in [-0.1, -0.05) is 59.8 Å². The van der Waals surface area contributed by atoms with E-state index in [1.165, 1.54) is 0 Å². The van der Waals surface area contributed by atoms with Crippen LogP contribution in [0.2, 0.25) is 0 Å². The highest BCUT2D eigenvalue weighted by molar-refractivity contribution is 5.69. The largest absolute Gasteiger partial charge is 0.466 e. The van der Waals surface area contributed by atoms with Gasteiger partial charge in [-0.15, -0.1) is 0 Å². The first-order chi connectivity index (χ1) is 12.0. The quantitative estimate of drug-likeness (QED) is 0.264. The Kier molecular flexibility index (Phi) is 15.7. The summed E-state index contributed by atoms with van der Waals surface area (Å²) in [4.78, 5) is 23.1. The number of carbonyl (C=O) groups excluding carboxylic acids is 2. The molecule has 0 rings (SSSR count). The third kappa shape index (κ3) is 17.6. The van der Waals surface area contributed by atoms with Gasteiger partial charge in [-0.25, -0.2) is 0 Å². The molecule has 0 amide bonds. The van der Waals surface area contributed by atoms with Crippen molar-refractivity contribution in [3.63, 3.8) is 0 Å². The molecular formula is C21H40O4. The van der Waals surface area contributed by atoms with Crippen LogP contribution >= 0.6 is 0 Å². The van der Waals surface area contributed by atoms with Gasteiger partial charge in [0.05, 0.1) is 13.2 Å². The lowest BCUT2D eigenvalue weighted by Crippen LogP contribution is -2.11. The average Bonchev–Trinajstić information content (AvgIpc) is 2.58. The minimum absolute atomic E-state index is 0.0622. The van der Waals surface area contributed by atoms with E-state index in [4.69, 9.17) is 9.47 Å². The van der Waals surface area contributed by atoms with Crippen LogP contribution in [0, 0.1) is 11.8 Å². The molecule has 1 unspecified atom stereocenters. The summed E-state index contributed by atoms with van der Waals surface area (Å²) in [6.07, 6.45) is 10.3. The van der Waals surface area contributed by atoms with E-state index in [2.05, 4.69) is 27.7 Å². The Morgan fingerprint density at radius 2 is 1.28 bits per heavy atom. The number of unbranched alkanes of at least 4 members (excludes halogenated alkanes) is 5. The van der Waals surface area contributed by atoms with Crippen LogP contribution in [0.25, 0.3) is 0 Å². The van der Waals surface area contributed by atoms with Gasteiger partial charge in [-0.2, -0.15) is 0 Å². The van der Waals surface area contributed by atoms with Crippen LogP contribution in [0.3, 0.4) is 0 Å². The van der Waals surface area contributed by atoms with Gasteiger partial charge < -0.3 is 9.47 Å². The molecule has 0 aliphatic heterocycles. The molecule has 0 aromatic heterocycles. The van der Waals surface area contributed by atoms with Crippen LogP contribution in [0.1, 0.15) is 98.3 Å². The molecule has 0 radical (unpaired) electrons. The predicted molar refractivity (Wildman–Crippen MR) is 102 cm³/mol. The van der Waals surface area contributed by atoms with Crippen LogP contribution in [0.15, 0.2) is 0 Å². The maximum absolute atomic E-state index is 11.6. The third-order valence-corrected chi connectivity index (χ3v) is 4.43. The highest BCUT2D eigenvalue weighted by atomic mass is 16.5. The van der Waals surface area contributed by atoms with E-state index >= 15 is 0 Å². The Hall–Kier alpha value is -1.06. The second-order valence-electron chi connectivity index (χ2n) is 7.57. The summed E-state index contributed by atoms with van der Waals surface area (Å²) in [6.45, 7) is 9.65. The van der Waals surface area contributed by atoms with E-state index in [1.54, 1.807) is 0 Å². The lowest BCUT2D eigenvalue weighted by molar-refractivity contribution is -0.145. The summed E-state index contributed by atoms with van der Waals surface area (Å²) in [5.41, 5.74) is 0. The van der Waals surface area contributed by atoms with Crippen molar-refractivity contribution in [3.8, 4) is 0 Å². The first kappa shape index (κ1) is 23.9. The monoisotopic (exact) mass is 356 g/mol. The number of hydrogen-bond acceptors (Lipinski definition) is 4. The van der Waals surface area contributed by atoms with Crippen molar-refractivity contribution >= 4 is 11.9 Å². The molecule has 0 aromatic carbocycles. The van der Waals surface area contributed by atoms with Crippen molar-refractivity contribution in [2.24, 2.45) is 11.8 Å². The van der Waals surface area contributed by atoms with Crippen molar-refractivity contribution in [3.05, 3.63) is 0 Å². The minimum atomic E-state index is -0.0690. The lowest BCUT2D eigenvalue weighted by Gasteiger charge is -2.09. The molecule has 0 N–H and O–H groups in total. The summed E-state index contributed by atoms with van der Waals surface area (Å²) in [5, 5.41) is 0. The summed E-state index contributed by atoms with van der Waals surface area (Å²) in [7, 11) is 0. The first-order valence-electron chi connectivity index (χ1n) is 10.3. The maximum Gasteiger partial charge on any atom is 0.305 e. The maximum atomic E-state index is 11.6. The molecule has 25 heavy (non-hydrogen) atoms. The zero-order chi connectivity index (χ0) is 18.9. The highest BCUT2D eigenvalue weighted by Crippen LogP contribution is 2.10. The summed E-state index contributed by atoms with van der Waals surface area (Å²) >= 11 is 0. The molecule has 0 saturated carbocycles. The van der Waals surface area contributed by atoms with Gasteiger partial charge >= 0.3 is 11.9 Å². The van der Waals surface area contributed by atoms with E-state index in [1.807, 2.05) is 0 Å². The SMILES string of the molecule is CCC(C)COC(=O)CCCCCCCCC(=O)OCCCC(C)C. The first-order valence-corrected chi connectivity index (χ1v) is 10.3. The Bertz CT molecular complexity index is 339. The van der Waals surface area contributed by atoms with Crippen LogP contribution in [0.4, 0.5) is 0 Å². The van der Waals surface area contributed by atoms with E-state index in [0.29, 0.717) is 37.9 Å². The van der Waals surface area contributed by atoms with Crippen LogP contribution in [-0.4, -0.2) is 25.2 Å². The van der Waals surface area contributed by atoms with E-state index in [0.717, 1.165) is 57.8 Å². The highest BCUT2D eigenvalue weighted by Gasteiger charge is 2.06. The molecule has 4 nitrogen and oxygen atoms in total. The zero-order valence-electron chi connectivity index (χ0n) is 17.0. The molecule has 0 aromatic rings. The number of carbonyl (C=O) groups is 2. The van der Waals surface area contributed by atoms with Crippen LogP contribution < -0.4 is 0 Å². The van der Waals surface area contributed by atoms with E-state index in [9.17, 15) is 9.59 Å². The Morgan fingerprint density at radius 1 is 0.760 bits per heavy atom. The second kappa shape index (κ2) is 16.4. The fourth-order valence-electron chi connectivity index (χ4n) is 2.42. The Balaban J connectivity index is 3.32. The molecule has 0 fully saturated rings. The Labute approximate surface area is 155 Å². The van der Waals surface area contributed by atoms with Gasteiger partial charge in [0.15, 0.2) is 0 Å². The molecule has 0 spiro atoms. The van der Waals surface area contributed by atoms with Crippen molar-refractivity contribution in [1.29, 1.82) is 0 Å². The number of esters is 2. The van der Waals surface area contributed by atoms with Gasteiger partial charge in [0.2, 0.25) is 0 Å². The average molecular weight is 357 g/mol. The van der Waals surface area contributed by atoms with Gasteiger partial charge in [-0.05, 0) is 37.5 Å². The fourth-order valence-corrected chi connectivity index (χ4v) is 2.42. The number of ether oxygens (including phenoxy) is 2. The van der Waals surface area contributed by atoms with Gasteiger partial charge in [-0.3, -0.25) is 9.59 Å². The molecule has 1 atom stereocenters. The molecule has 0 saturated heterocycles. The van der Waals surface area contributed by atoms with Crippen LogP contribution in [0.5, 0.6) is 0 Å². The number of hydrogen-bond donors (Lipinski definition) is 0. The van der Waals surface area contributed by atoms with Crippen molar-refractivity contribution in [2.45, 2.75) is 98.3 Å².